The Hall–Kier alpha value is -2.15. The third kappa shape index (κ3) is 2.12. The number of amides is 1. The number of rotatable bonds is 4. The highest BCUT2D eigenvalue weighted by atomic mass is 16.3. The number of fused-ring (bicyclic) bond motifs is 1. The topological polar surface area (TPSA) is 91.5 Å². The molecule has 7 heteroatoms. The minimum atomic E-state index is -0.706. The molecule has 0 unspecified atom stereocenters. The summed E-state index contributed by atoms with van der Waals surface area (Å²) in [6, 6.07) is 1.77. The lowest BCUT2D eigenvalue weighted by Gasteiger charge is -2.08. The first-order valence-electron chi connectivity index (χ1n) is 6.14. The van der Waals surface area contributed by atoms with E-state index in [1.165, 1.54) is 6.20 Å². The van der Waals surface area contributed by atoms with Crippen LogP contribution in [0.5, 0.6) is 0 Å². The predicted molar refractivity (Wildman–Crippen MR) is 69.1 cm³/mol. The molecule has 0 aliphatic heterocycles. The monoisotopic (exact) mass is 261 g/mol. The van der Waals surface area contributed by atoms with E-state index in [2.05, 4.69) is 20.7 Å². The zero-order chi connectivity index (χ0) is 13.5. The van der Waals surface area contributed by atoms with Crippen molar-refractivity contribution in [1.29, 1.82) is 0 Å². The quantitative estimate of drug-likeness (QED) is 0.722. The van der Waals surface area contributed by atoms with Crippen LogP contribution in [0.1, 0.15) is 23.2 Å². The van der Waals surface area contributed by atoms with Crippen LogP contribution in [0.3, 0.4) is 0 Å². The van der Waals surface area contributed by atoms with E-state index in [4.69, 9.17) is 0 Å². The SMILES string of the molecule is CNc1ccnc2c(C(=O)NCC3(O)CC3)cnn12. The van der Waals surface area contributed by atoms with Gasteiger partial charge in [0.1, 0.15) is 11.4 Å². The Kier molecular flexibility index (Phi) is 2.63. The molecule has 3 rings (SSSR count). The number of carbonyl (C=O) groups is 1. The molecule has 1 fully saturated rings. The van der Waals surface area contributed by atoms with Gasteiger partial charge in [-0.25, -0.2) is 4.98 Å². The van der Waals surface area contributed by atoms with Crippen molar-refractivity contribution >= 4 is 17.4 Å². The van der Waals surface area contributed by atoms with Gasteiger partial charge in [0.2, 0.25) is 0 Å². The van der Waals surface area contributed by atoms with Gasteiger partial charge in [-0.3, -0.25) is 4.79 Å². The molecule has 0 bridgehead atoms. The van der Waals surface area contributed by atoms with Crippen LogP contribution in [0.2, 0.25) is 0 Å². The fourth-order valence-electron chi connectivity index (χ4n) is 1.90. The number of aliphatic hydroxyl groups is 1. The van der Waals surface area contributed by atoms with Gasteiger partial charge < -0.3 is 15.7 Å². The molecule has 0 aromatic carbocycles. The van der Waals surface area contributed by atoms with Gasteiger partial charge in [-0.1, -0.05) is 0 Å². The molecule has 1 amide bonds. The highest BCUT2D eigenvalue weighted by Crippen LogP contribution is 2.34. The van der Waals surface area contributed by atoms with Crippen molar-refractivity contribution < 1.29 is 9.90 Å². The van der Waals surface area contributed by atoms with E-state index < -0.39 is 5.60 Å². The van der Waals surface area contributed by atoms with Crippen LogP contribution in [0.4, 0.5) is 5.82 Å². The molecule has 1 aliphatic rings. The second-order valence-corrected chi connectivity index (χ2v) is 4.78. The average Bonchev–Trinajstić information content (AvgIpc) is 3.00. The van der Waals surface area contributed by atoms with Crippen LogP contribution in [-0.4, -0.2) is 44.8 Å². The second kappa shape index (κ2) is 4.20. The van der Waals surface area contributed by atoms with E-state index >= 15 is 0 Å². The Morgan fingerprint density at radius 1 is 1.58 bits per heavy atom. The molecule has 0 atom stereocenters. The van der Waals surface area contributed by atoms with E-state index in [-0.39, 0.29) is 12.5 Å². The van der Waals surface area contributed by atoms with Crippen LogP contribution < -0.4 is 10.6 Å². The first-order valence-corrected chi connectivity index (χ1v) is 6.14. The van der Waals surface area contributed by atoms with Gasteiger partial charge in [-0.2, -0.15) is 9.61 Å². The fourth-order valence-corrected chi connectivity index (χ4v) is 1.90. The molecule has 19 heavy (non-hydrogen) atoms. The molecule has 0 radical (unpaired) electrons. The maximum atomic E-state index is 12.1. The van der Waals surface area contributed by atoms with Gasteiger partial charge in [0, 0.05) is 19.8 Å². The first kappa shape index (κ1) is 11.9. The lowest BCUT2D eigenvalue weighted by molar-refractivity contribution is 0.0897. The first-order chi connectivity index (χ1) is 9.13. The molecule has 1 saturated carbocycles. The highest BCUT2D eigenvalue weighted by molar-refractivity contribution is 5.99. The van der Waals surface area contributed by atoms with Gasteiger partial charge >= 0.3 is 0 Å². The Bertz CT molecular complexity index is 632. The number of nitrogens with one attached hydrogen (secondary N) is 2. The number of aromatic nitrogens is 3. The molecular weight excluding hydrogens is 246 g/mol. The highest BCUT2D eigenvalue weighted by Gasteiger charge is 2.40. The van der Waals surface area contributed by atoms with E-state index in [1.54, 1.807) is 23.8 Å². The summed E-state index contributed by atoms with van der Waals surface area (Å²) < 4.78 is 1.57. The standard InChI is InChI=1S/C12H15N5O2/c1-13-9-2-5-14-10-8(6-16-17(9)10)11(18)15-7-12(19)3-4-12/h2,5-6,13,19H,3-4,7H2,1H3,(H,15,18). The van der Waals surface area contributed by atoms with Crippen molar-refractivity contribution in [2.45, 2.75) is 18.4 Å². The molecule has 2 heterocycles. The van der Waals surface area contributed by atoms with Crippen LogP contribution in [0.15, 0.2) is 18.5 Å². The number of hydrogen-bond donors (Lipinski definition) is 3. The lowest BCUT2D eigenvalue weighted by atomic mass is 10.3. The van der Waals surface area contributed by atoms with Crippen LogP contribution in [0, 0.1) is 0 Å². The summed E-state index contributed by atoms with van der Waals surface area (Å²) in [5.41, 5.74) is 0.191. The molecular formula is C12H15N5O2. The normalized spacial score (nSPS) is 16.3. The van der Waals surface area contributed by atoms with Gasteiger partial charge in [0.05, 0.1) is 11.8 Å². The van der Waals surface area contributed by atoms with Crippen LogP contribution >= 0.6 is 0 Å². The largest absolute Gasteiger partial charge is 0.388 e. The maximum absolute atomic E-state index is 12.1. The second-order valence-electron chi connectivity index (χ2n) is 4.78. The predicted octanol–water partition coefficient (Wildman–Crippen LogP) is 0.0257. The van der Waals surface area contributed by atoms with Crippen molar-refractivity contribution in [2.75, 3.05) is 18.9 Å². The van der Waals surface area contributed by atoms with Crippen molar-refractivity contribution in [3.63, 3.8) is 0 Å². The minimum absolute atomic E-state index is 0.268. The van der Waals surface area contributed by atoms with Crippen molar-refractivity contribution in [3.05, 3.63) is 24.0 Å². The molecule has 1 aliphatic carbocycles. The summed E-state index contributed by atoms with van der Waals surface area (Å²) in [5.74, 6) is 0.487. The summed E-state index contributed by atoms with van der Waals surface area (Å²) in [6.45, 7) is 0.273. The van der Waals surface area contributed by atoms with Crippen LogP contribution in [0.25, 0.3) is 5.65 Å². The molecule has 3 N–H and O–H groups in total. The van der Waals surface area contributed by atoms with Crippen molar-refractivity contribution in [2.24, 2.45) is 0 Å². The molecule has 2 aromatic rings. The van der Waals surface area contributed by atoms with Crippen molar-refractivity contribution in [1.82, 2.24) is 19.9 Å². The Morgan fingerprint density at radius 3 is 3.05 bits per heavy atom. The van der Waals surface area contributed by atoms with Crippen molar-refractivity contribution in [3.8, 4) is 0 Å². The minimum Gasteiger partial charge on any atom is -0.388 e. The van der Waals surface area contributed by atoms with Crippen LogP contribution in [-0.2, 0) is 0 Å². The van der Waals surface area contributed by atoms with Gasteiger partial charge in [0.25, 0.3) is 5.91 Å². The van der Waals surface area contributed by atoms with Gasteiger partial charge in [0.15, 0.2) is 5.65 Å². The van der Waals surface area contributed by atoms with E-state index in [0.29, 0.717) is 11.2 Å². The summed E-state index contributed by atoms with van der Waals surface area (Å²) in [4.78, 5) is 16.2. The van der Waals surface area contributed by atoms with Gasteiger partial charge in [-0.05, 0) is 18.9 Å². The van der Waals surface area contributed by atoms with Gasteiger partial charge in [-0.15, -0.1) is 0 Å². The summed E-state index contributed by atoms with van der Waals surface area (Å²) in [5, 5.41) is 19.5. The Labute approximate surface area is 109 Å². The lowest BCUT2D eigenvalue weighted by Crippen LogP contribution is -2.33. The molecule has 0 spiro atoms. The fraction of sp³-hybridized carbons (Fsp3) is 0.417. The number of nitrogens with zero attached hydrogens (tertiary/aromatic N) is 3. The van der Waals surface area contributed by atoms with E-state index in [1.807, 2.05) is 0 Å². The average molecular weight is 261 g/mol. The molecule has 0 saturated heterocycles. The molecule has 2 aromatic heterocycles. The Balaban J connectivity index is 1.86. The summed E-state index contributed by atoms with van der Waals surface area (Å²) >= 11 is 0. The molecule has 100 valence electrons. The smallest absolute Gasteiger partial charge is 0.256 e. The number of hydrogen-bond acceptors (Lipinski definition) is 5. The van der Waals surface area contributed by atoms with E-state index in [9.17, 15) is 9.90 Å². The van der Waals surface area contributed by atoms with E-state index in [0.717, 1.165) is 18.7 Å². The third-order valence-electron chi connectivity index (χ3n) is 3.31. The molecule has 7 nitrogen and oxygen atoms in total. The zero-order valence-electron chi connectivity index (χ0n) is 10.6. The summed E-state index contributed by atoms with van der Waals surface area (Å²) in [7, 11) is 1.78. The zero-order valence-corrected chi connectivity index (χ0v) is 10.6. The third-order valence-corrected chi connectivity index (χ3v) is 3.31. The Morgan fingerprint density at radius 2 is 2.37 bits per heavy atom. The number of anilines is 1. The maximum Gasteiger partial charge on any atom is 0.256 e. The number of carbonyl (C=O) groups excluding carboxylic acids is 1. The summed E-state index contributed by atoms with van der Waals surface area (Å²) in [6.07, 6.45) is 4.58.